The van der Waals surface area contributed by atoms with Gasteiger partial charge in [-0.2, -0.15) is 5.10 Å². The summed E-state index contributed by atoms with van der Waals surface area (Å²) in [6.07, 6.45) is 8.81. The normalized spacial score (nSPS) is 14.1. The van der Waals surface area contributed by atoms with E-state index in [2.05, 4.69) is 17.2 Å². The Kier molecular flexibility index (Phi) is 6.83. The van der Waals surface area contributed by atoms with Crippen LogP contribution in [0.5, 0.6) is 5.75 Å². The molecule has 0 fully saturated rings. The number of carboxylic acids is 1. The number of carbonyl (C=O) groups is 1. The number of pyridine rings is 1. The first kappa shape index (κ1) is 22.0. The molecule has 0 saturated heterocycles. The lowest BCUT2D eigenvalue weighted by Crippen LogP contribution is -2.16. The van der Waals surface area contributed by atoms with Gasteiger partial charge in [-0.25, -0.2) is 4.39 Å². The molecule has 2 heterocycles. The summed E-state index contributed by atoms with van der Waals surface area (Å²) in [4.78, 5) is 16.3. The Morgan fingerprint density at radius 1 is 1.16 bits per heavy atom. The van der Waals surface area contributed by atoms with Gasteiger partial charge < -0.3 is 9.84 Å². The monoisotopic (exact) mass is 437 g/mol. The molecular formula is C25H28FN3O3. The molecule has 1 atom stereocenters. The number of benzene rings is 1. The average molecular weight is 438 g/mol. The number of fused-ring (bicyclic) bond motifs is 1. The van der Waals surface area contributed by atoms with E-state index in [4.69, 9.17) is 9.72 Å². The Morgan fingerprint density at radius 3 is 2.75 bits per heavy atom. The maximum atomic E-state index is 14.2. The number of aryl methyl sites for hydroxylation is 4. The predicted molar refractivity (Wildman–Crippen MR) is 118 cm³/mol. The lowest BCUT2D eigenvalue weighted by Gasteiger charge is -2.17. The van der Waals surface area contributed by atoms with Gasteiger partial charge in [0.15, 0.2) is 11.6 Å². The third-order valence-electron chi connectivity index (χ3n) is 6.01. The number of ether oxygens (including phenoxy) is 1. The molecule has 1 unspecified atom stereocenters. The summed E-state index contributed by atoms with van der Waals surface area (Å²) < 4.78 is 20.8. The second kappa shape index (κ2) is 9.94. The summed E-state index contributed by atoms with van der Waals surface area (Å²) in [6.45, 7) is 0. The van der Waals surface area contributed by atoms with Gasteiger partial charge >= 0.3 is 5.97 Å². The van der Waals surface area contributed by atoms with E-state index in [9.17, 15) is 14.3 Å². The molecule has 32 heavy (non-hydrogen) atoms. The molecule has 1 aliphatic carbocycles. The minimum absolute atomic E-state index is 0.125. The van der Waals surface area contributed by atoms with Gasteiger partial charge in [0, 0.05) is 17.6 Å². The first-order chi connectivity index (χ1) is 15.5. The predicted octanol–water partition coefficient (Wildman–Crippen LogP) is 4.54. The van der Waals surface area contributed by atoms with Crippen molar-refractivity contribution in [3.63, 3.8) is 0 Å². The van der Waals surface area contributed by atoms with Crippen molar-refractivity contribution in [3.8, 4) is 5.75 Å². The molecular weight excluding hydrogens is 409 g/mol. The van der Waals surface area contributed by atoms with E-state index in [1.54, 1.807) is 16.9 Å². The van der Waals surface area contributed by atoms with Gasteiger partial charge in [-0.15, -0.1) is 0 Å². The fraction of sp³-hybridized carbons (Fsp3) is 0.400. The second-order valence-corrected chi connectivity index (χ2v) is 8.26. The van der Waals surface area contributed by atoms with Crippen molar-refractivity contribution in [2.75, 3.05) is 7.11 Å². The number of halogens is 1. The van der Waals surface area contributed by atoms with E-state index < -0.39 is 17.8 Å². The largest absolute Gasteiger partial charge is 0.494 e. The molecule has 0 aliphatic heterocycles. The molecule has 1 aliphatic rings. The number of methoxy groups -OCH3 is 1. The maximum absolute atomic E-state index is 14.2. The minimum atomic E-state index is -0.971. The molecule has 1 aromatic carbocycles. The van der Waals surface area contributed by atoms with Crippen LogP contribution in [0.3, 0.4) is 0 Å². The average Bonchev–Trinajstić information content (AvgIpc) is 3.26. The molecule has 0 spiro atoms. The van der Waals surface area contributed by atoms with E-state index in [1.807, 2.05) is 6.07 Å². The summed E-state index contributed by atoms with van der Waals surface area (Å²) in [5, 5.41) is 14.0. The zero-order chi connectivity index (χ0) is 22.5. The highest BCUT2D eigenvalue weighted by molar-refractivity contribution is 5.68. The SMILES string of the molecule is COc1ccc(C(CC(=O)O)n2ccc(CCCc3ccc4c(n3)CCCC4)n2)cc1F. The Balaban J connectivity index is 1.42. The highest BCUT2D eigenvalue weighted by Gasteiger charge is 2.20. The molecule has 0 radical (unpaired) electrons. The molecule has 168 valence electrons. The first-order valence-electron chi connectivity index (χ1n) is 11.1. The Labute approximate surface area is 187 Å². The van der Waals surface area contributed by atoms with Gasteiger partial charge in [0.1, 0.15) is 0 Å². The van der Waals surface area contributed by atoms with Crippen LogP contribution in [0, 0.1) is 5.82 Å². The van der Waals surface area contributed by atoms with E-state index in [0.717, 1.165) is 43.5 Å². The van der Waals surface area contributed by atoms with Gasteiger partial charge in [-0.05, 0) is 80.3 Å². The maximum Gasteiger partial charge on any atom is 0.305 e. The zero-order valence-corrected chi connectivity index (χ0v) is 18.3. The molecule has 7 heteroatoms. The number of hydrogen-bond acceptors (Lipinski definition) is 4. The van der Waals surface area contributed by atoms with Crippen LogP contribution >= 0.6 is 0 Å². The number of aliphatic carboxylic acids is 1. The third-order valence-corrected chi connectivity index (χ3v) is 6.01. The van der Waals surface area contributed by atoms with Crippen molar-refractivity contribution in [2.45, 2.75) is 57.4 Å². The number of aromatic nitrogens is 3. The highest BCUT2D eigenvalue weighted by Crippen LogP contribution is 2.27. The van der Waals surface area contributed by atoms with Crippen molar-refractivity contribution >= 4 is 5.97 Å². The fourth-order valence-corrected chi connectivity index (χ4v) is 4.32. The van der Waals surface area contributed by atoms with Gasteiger partial charge in [-0.1, -0.05) is 12.1 Å². The van der Waals surface area contributed by atoms with Crippen molar-refractivity contribution in [1.82, 2.24) is 14.8 Å². The summed E-state index contributed by atoms with van der Waals surface area (Å²) >= 11 is 0. The van der Waals surface area contributed by atoms with E-state index in [1.165, 1.54) is 43.3 Å². The van der Waals surface area contributed by atoms with Gasteiger partial charge in [0.05, 0.1) is 25.3 Å². The van der Waals surface area contributed by atoms with Crippen molar-refractivity contribution in [3.05, 3.63) is 76.6 Å². The molecule has 0 amide bonds. The van der Waals surface area contributed by atoms with Crippen LogP contribution in [0.4, 0.5) is 4.39 Å². The van der Waals surface area contributed by atoms with Gasteiger partial charge in [0.2, 0.25) is 0 Å². The third kappa shape index (κ3) is 5.15. The van der Waals surface area contributed by atoms with Crippen LogP contribution in [0.1, 0.15) is 59.9 Å². The number of nitrogens with zero attached hydrogens (tertiary/aromatic N) is 3. The van der Waals surface area contributed by atoms with Crippen LogP contribution in [0.25, 0.3) is 0 Å². The lowest BCUT2D eigenvalue weighted by molar-refractivity contribution is -0.137. The van der Waals surface area contributed by atoms with Crippen molar-refractivity contribution < 1.29 is 19.0 Å². The standard InChI is InChI=1S/C25H28FN3O3/c1-32-24-12-10-18(15-21(24)26)23(16-25(30)31)29-14-13-20(28-29)7-4-6-19-11-9-17-5-2-3-8-22(17)27-19/h9-15,23H,2-8,16H2,1H3,(H,30,31). The lowest BCUT2D eigenvalue weighted by atomic mass is 9.95. The molecule has 6 nitrogen and oxygen atoms in total. The van der Waals surface area contributed by atoms with Crippen LogP contribution in [-0.4, -0.2) is 33.0 Å². The van der Waals surface area contributed by atoms with Gasteiger partial charge in [-0.3, -0.25) is 14.5 Å². The second-order valence-electron chi connectivity index (χ2n) is 8.26. The quantitative estimate of drug-likeness (QED) is 0.532. The fourth-order valence-electron chi connectivity index (χ4n) is 4.32. The number of hydrogen-bond donors (Lipinski definition) is 1. The molecule has 2 aromatic heterocycles. The van der Waals surface area contributed by atoms with Crippen LogP contribution in [-0.2, 0) is 30.5 Å². The van der Waals surface area contributed by atoms with Crippen molar-refractivity contribution in [2.24, 2.45) is 0 Å². The minimum Gasteiger partial charge on any atom is -0.494 e. The van der Waals surface area contributed by atoms with E-state index in [0.29, 0.717) is 5.56 Å². The summed E-state index contributed by atoms with van der Waals surface area (Å²) in [5.74, 6) is -1.37. The molecule has 3 aromatic rings. The smallest absolute Gasteiger partial charge is 0.305 e. The number of rotatable bonds is 9. The summed E-state index contributed by atoms with van der Waals surface area (Å²) in [6, 6.07) is 10.2. The van der Waals surface area contributed by atoms with E-state index in [-0.39, 0.29) is 12.2 Å². The topological polar surface area (TPSA) is 77.2 Å². The van der Waals surface area contributed by atoms with E-state index >= 15 is 0 Å². The molecule has 0 saturated carbocycles. The molecule has 0 bridgehead atoms. The van der Waals surface area contributed by atoms with Crippen LogP contribution in [0.2, 0.25) is 0 Å². The van der Waals surface area contributed by atoms with Crippen molar-refractivity contribution in [1.29, 1.82) is 0 Å². The Bertz CT molecular complexity index is 1100. The van der Waals surface area contributed by atoms with Crippen LogP contribution < -0.4 is 4.74 Å². The highest BCUT2D eigenvalue weighted by atomic mass is 19.1. The molecule has 1 N–H and O–H groups in total. The first-order valence-corrected chi connectivity index (χ1v) is 11.1. The van der Waals surface area contributed by atoms with Gasteiger partial charge in [0.25, 0.3) is 0 Å². The number of carboxylic acid groups (broad SMARTS) is 1. The van der Waals surface area contributed by atoms with Crippen LogP contribution in [0.15, 0.2) is 42.6 Å². The molecule has 4 rings (SSSR count). The summed E-state index contributed by atoms with van der Waals surface area (Å²) in [5.41, 5.74) is 5.17. The zero-order valence-electron chi connectivity index (χ0n) is 18.3. The summed E-state index contributed by atoms with van der Waals surface area (Å²) in [7, 11) is 1.40. The Hall–Kier alpha value is -3.22. The Morgan fingerprint density at radius 2 is 1.97 bits per heavy atom.